The first-order chi connectivity index (χ1) is 29.1. The van der Waals surface area contributed by atoms with Crippen LogP contribution < -0.4 is 10.2 Å². The Bertz CT molecular complexity index is 3090. The minimum absolute atomic E-state index is 0.202. The predicted molar refractivity (Wildman–Crippen MR) is 262 cm³/mol. The van der Waals surface area contributed by atoms with Gasteiger partial charge in [-0.3, -0.25) is 0 Å². The van der Waals surface area contributed by atoms with E-state index in [0.29, 0.717) is 0 Å². The smallest absolute Gasteiger partial charge is 0.0491 e. The second-order valence-corrected chi connectivity index (χ2v) is 19.2. The van der Waals surface area contributed by atoms with Crippen LogP contribution in [-0.4, -0.2) is 0 Å². The van der Waals surface area contributed by atoms with Crippen LogP contribution in [-0.2, 0) is 10.8 Å². The molecule has 0 heterocycles. The van der Waals surface area contributed by atoms with Crippen molar-refractivity contribution in [1.82, 2.24) is 0 Å². The van der Waals surface area contributed by atoms with Gasteiger partial charge in [-0.15, -0.1) is 0 Å². The van der Waals surface area contributed by atoms with Crippen LogP contribution in [0, 0.1) is 48.5 Å². The maximum absolute atomic E-state index is 3.99. The van der Waals surface area contributed by atoms with Crippen LogP contribution in [0.5, 0.6) is 0 Å². The van der Waals surface area contributed by atoms with Crippen LogP contribution in [0.4, 0.5) is 28.4 Å². The van der Waals surface area contributed by atoms with Crippen molar-refractivity contribution in [3.63, 3.8) is 0 Å². The van der Waals surface area contributed by atoms with E-state index in [9.17, 15) is 0 Å². The van der Waals surface area contributed by atoms with Gasteiger partial charge in [-0.05, 0) is 175 Å². The quantitative estimate of drug-likeness (QED) is 0.180. The summed E-state index contributed by atoms with van der Waals surface area (Å²) in [6, 6.07) is 51.0. The van der Waals surface area contributed by atoms with Gasteiger partial charge in [0.25, 0.3) is 0 Å². The monoisotopic (exact) mass is 792 g/mol. The second kappa shape index (κ2) is 13.8. The largest absolute Gasteiger partial charge is 0.355 e. The van der Waals surface area contributed by atoms with Gasteiger partial charge in [0.05, 0.1) is 0 Å². The van der Waals surface area contributed by atoms with E-state index in [4.69, 9.17) is 0 Å². The number of aryl methyl sites for hydroxylation is 7. The molecule has 0 aliphatic heterocycles. The van der Waals surface area contributed by atoms with E-state index in [1.54, 1.807) is 0 Å². The van der Waals surface area contributed by atoms with E-state index >= 15 is 0 Å². The molecule has 0 spiro atoms. The summed E-state index contributed by atoms with van der Waals surface area (Å²) in [7, 11) is 0. The first kappa shape index (κ1) is 38.8. The number of fused-ring (bicyclic) bond motifs is 8. The summed E-state index contributed by atoms with van der Waals surface area (Å²) in [6.45, 7) is 25.1. The minimum atomic E-state index is -0.209. The molecule has 0 bridgehead atoms. The molecule has 2 heteroatoms. The van der Waals surface area contributed by atoms with E-state index in [2.05, 4.69) is 220 Å². The van der Waals surface area contributed by atoms with Crippen molar-refractivity contribution in [2.75, 3.05) is 10.2 Å². The van der Waals surface area contributed by atoms with Crippen LogP contribution in [0.25, 0.3) is 44.2 Å². The Morgan fingerprint density at radius 1 is 0.377 bits per heavy atom. The number of nitrogens with one attached hydrogen (secondary N) is 1. The number of hydrogen-bond donors (Lipinski definition) is 1. The lowest BCUT2D eigenvalue weighted by Gasteiger charge is -2.30. The van der Waals surface area contributed by atoms with Crippen LogP contribution in [0.1, 0.15) is 88.9 Å². The molecule has 302 valence electrons. The van der Waals surface area contributed by atoms with E-state index in [1.165, 1.54) is 122 Å². The average molecular weight is 793 g/mol. The van der Waals surface area contributed by atoms with Gasteiger partial charge < -0.3 is 10.2 Å². The van der Waals surface area contributed by atoms with Gasteiger partial charge in [-0.25, -0.2) is 0 Å². The second-order valence-electron chi connectivity index (χ2n) is 19.2. The van der Waals surface area contributed by atoms with Crippen molar-refractivity contribution in [2.24, 2.45) is 0 Å². The fourth-order valence-corrected chi connectivity index (χ4v) is 10.8. The zero-order valence-corrected chi connectivity index (χ0v) is 37.6. The highest BCUT2D eigenvalue weighted by molar-refractivity contribution is 6.09. The van der Waals surface area contributed by atoms with Gasteiger partial charge in [0.1, 0.15) is 0 Å². The normalized spacial score (nSPS) is 14.1. The van der Waals surface area contributed by atoms with E-state index in [0.717, 1.165) is 11.4 Å². The number of rotatable bonds is 6. The van der Waals surface area contributed by atoms with Crippen LogP contribution >= 0.6 is 0 Å². The van der Waals surface area contributed by atoms with E-state index in [1.807, 2.05) is 0 Å². The average Bonchev–Trinajstić information content (AvgIpc) is 3.58. The number of anilines is 5. The lowest BCUT2D eigenvalue weighted by Crippen LogP contribution is -2.18. The molecule has 2 aliphatic rings. The van der Waals surface area contributed by atoms with E-state index in [-0.39, 0.29) is 10.8 Å². The Kier molecular flexibility index (Phi) is 8.79. The summed E-state index contributed by atoms with van der Waals surface area (Å²) in [5.41, 5.74) is 27.9. The number of benzene rings is 8. The summed E-state index contributed by atoms with van der Waals surface area (Å²) >= 11 is 0. The van der Waals surface area contributed by atoms with Crippen LogP contribution in [0.3, 0.4) is 0 Å². The molecule has 1 N–H and O–H groups in total. The van der Waals surface area contributed by atoms with Gasteiger partial charge >= 0.3 is 0 Å². The molecule has 0 saturated carbocycles. The standard InChI is InChI=1S/C59H56N2/c1-34-16-21-42(38(5)26-34)47-29-37(4)17-23-53(47)60-54-33-52-57(45-15-13-12-14-44(45)54)48-32-50-46(31-51(48)59(52,10)11)43-22-20-41(30-49(43)58(50,8)9)61(55-24-18-35(2)27-39(55)6)56-25-19-36(3)28-40(56)7/h12-33,60H,1-11H3. The first-order valence-electron chi connectivity index (χ1n) is 21.9. The molecule has 0 fully saturated rings. The summed E-state index contributed by atoms with van der Waals surface area (Å²) in [4.78, 5) is 2.47. The first-order valence-corrected chi connectivity index (χ1v) is 21.9. The number of nitrogens with zero attached hydrogens (tertiary/aromatic N) is 1. The van der Waals surface area contributed by atoms with Crippen molar-refractivity contribution in [1.29, 1.82) is 0 Å². The van der Waals surface area contributed by atoms with E-state index < -0.39 is 0 Å². The molecule has 0 atom stereocenters. The molecule has 2 nitrogen and oxygen atoms in total. The van der Waals surface area contributed by atoms with Gasteiger partial charge in [0.15, 0.2) is 0 Å². The summed E-state index contributed by atoms with van der Waals surface area (Å²) in [5, 5.41) is 6.53. The number of hydrogen-bond acceptors (Lipinski definition) is 2. The summed E-state index contributed by atoms with van der Waals surface area (Å²) < 4.78 is 0. The van der Waals surface area contributed by atoms with Gasteiger partial charge in [-0.2, -0.15) is 0 Å². The Hall–Kier alpha value is -6.38. The van der Waals surface area contributed by atoms with Crippen LogP contribution in [0.2, 0.25) is 0 Å². The highest BCUT2D eigenvalue weighted by atomic mass is 15.1. The third kappa shape index (κ3) is 6.05. The third-order valence-corrected chi connectivity index (χ3v) is 14.0. The minimum Gasteiger partial charge on any atom is -0.355 e. The zero-order valence-electron chi connectivity index (χ0n) is 37.6. The molecular weight excluding hydrogens is 737 g/mol. The van der Waals surface area contributed by atoms with Crippen LogP contribution in [0.15, 0.2) is 133 Å². The van der Waals surface area contributed by atoms with Crippen molar-refractivity contribution in [3.8, 4) is 33.4 Å². The maximum atomic E-state index is 3.99. The summed E-state index contributed by atoms with van der Waals surface area (Å²) in [6.07, 6.45) is 0. The Morgan fingerprint density at radius 2 is 0.902 bits per heavy atom. The summed E-state index contributed by atoms with van der Waals surface area (Å²) in [5.74, 6) is 0. The van der Waals surface area contributed by atoms with Crippen molar-refractivity contribution in [2.45, 2.75) is 87.0 Å². The molecule has 8 aromatic carbocycles. The third-order valence-electron chi connectivity index (χ3n) is 14.0. The molecule has 0 unspecified atom stereocenters. The van der Waals surface area contributed by atoms with Gasteiger partial charge in [0.2, 0.25) is 0 Å². The molecule has 0 radical (unpaired) electrons. The highest BCUT2D eigenvalue weighted by Crippen LogP contribution is 2.59. The molecule has 10 rings (SSSR count). The molecule has 8 aromatic rings. The predicted octanol–water partition coefficient (Wildman–Crippen LogP) is 16.5. The molecule has 0 amide bonds. The van der Waals surface area contributed by atoms with Gasteiger partial charge in [-0.1, -0.05) is 129 Å². The van der Waals surface area contributed by atoms with Crippen molar-refractivity contribution >= 4 is 39.2 Å². The zero-order chi connectivity index (χ0) is 42.7. The molecule has 0 saturated heterocycles. The van der Waals surface area contributed by atoms with Crippen molar-refractivity contribution in [3.05, 3.63) is 195 Å². The van der Waals surface area contributed by atoms with Crippen molar-refractivity contribution < 1.29 is 0 Å². The Morgan fingerprint density at radius 3 is 1.56 bits per heavy atom. The lowest BCUT2D eigenvalue weighted by molar-refractivity contribution is 0.652. The highest BCUT2D eigenvalue weighted by Gasteiger charge is 2.43. The fraction of sp³-hybridized carbons (Fsp3) is 0.220. The molecule has 2 aliphatic carbocycles. The fourth-order valence-electron chi connectivity index (χ4n) is 10.8. The molecule has 0 aromatic heterocycles. The Balaban J connectivity index is 1.10. The Labute approximate surface area is 362 Å². The lowest BCUT2D eigenvalue weighted by atomic mass is 9.79. The van der Waals surface area contributed by atoms with Gasteiger partial charge in [0, 0.05) is 50.2 Å². The molecule has 61 heavy (non-hydrogen) atoms. The topological polar surface area (TPSA) is 15.3 Å². The SMILES string of the molecule is Cc1ccc(-c2cc(C)ccc2Nc2cc3c(c4ccccc24)-c2cc4c(cc2C3(C)C)-c2ccc(N(c3ccc(C)cc3C)c3ccc(C)cc3C)cc2C4(C)C)c(C)c1. The molecular formula is C59H56N2. The maximum Gasteiger partial charge on any atom is 0.0491 e.